The van der Waals surface area contributed by atoms with Crippen LogP contribution in [0.2, 0.25) is 0 Å². The van der Waals surface area contributed by atoms with Gasteiger partial charge in [0.15, 0.2) is 0 Å². The van der Waals surface area contributed by atoms with E-state index in [1.54, 1.807) is 6.07 Å². The van der Waals surface area contributed by atoms with Crippen LogP contribution in [-0.2, 0) is 4.79 Å². The molecule has 0 bridgehead atoms. The van der Waals surface area contributed by atoms with Crippen molar-refractivity contribution in [2.24, 2.45) is 5.84 Å². The molecule has 1 amide bonds. The zero-order valence-electron chi connectivity index (χ0n) is 8.80. The molecular formula is C11H12FN3O. The Hall–Kier alpha value is -2.06. The van der Waals surface area contributed by atoms with E-state index in [1.165, 1.54) is 19.1 Å². The number of hydrogen-bond donors (Lipinski definition) is 3. The Morgan fingerprint density at radius 1 is 1.56 bits per heavy atom. The molecule has 0 saturated heterocycles. The van der Waals surface area contributed by atoms with Crippen molar-refractivity contribution in [2.75, 3.05) is 12.0 Å². The molecule has 0 radical (unpaired) electrons. The highest BCUT2D eigenvalue weighted by Crippen LogP contribution is 2.13. The first kappa shape index (κ1) is 12.0. The standard InChI is InChI=1S/C11H12FN3O/c1-8(16)14-6-2-3-9-4-5-11(15-13)10(12)7-9/h4-5,7,15H,6,13H2,1H3,(H,14,16). The molecule has 1 aromatic rings. The van der Waals surface area contributed by atoms with E-state index in [2.05, 4.69) is 22.6 Å². The molecule has 0 fully saturated rings. The number of amides is 1. The monoisotopic (exact) mass is 221 g/mol. The fourth-order valence-corrected chi connectivity index (χ4v) is 1.02. The van der Waals surface area contributed by atoms with E-state index in [1.807, 2.05) is 0 Å². The SMILES string of the molecule is CC(=O)NCC#Cc1ccc(NN)c(F)c1. The Bertz CT molecular complexity index is 448. The van der Waals surface area contributed by atoms with E-state index in [0.717, 1.165) is 0 Å². The molecular weight excluding hydrogens is 209 g/mol. The van der Waals surface area contributed by atoms with Gasteiger partial charge in [0.2, 0.25) is 5.91 Å². The molecule has 84 valence electrons. The Morgan fingerprint density at radius 3 is 2.88 bits per heavy atom. The molecule has 4 N–H and O–H groups in total. The average Bonchev–Trinajstić information content (AvgIpc) is 2.24. The predicted molar refractivity (Wildman–Crippen MR) is 59.8 cm³/mol. The van der Waals surface area contributed by atoms with Crippen LogP contribution in [0.5, 0.6) is 0 Å². The molecule has 4 nitrogen and oxygen atoms in total. The number of nitrogen functional groups attached to an aromatic ring is 1. The maximum atomic E-state index is 13.2. The van der Waals surface area contributed by atoms with Crippen LogP contribution in [0, 0.1) is 17.7 Å². The molecule has 0 aliphatic carbocycles. The van der Waals surface area contributed by atoms with Crippen LogP contribution in [0.15, 0.2) is 18.2 Å². The largest absolute Gasteiger partial charge is 0.345 e. The predicted octanol–water partition coefficient (Wildman–Crippen LogP) is 0.599. The van der Waals surface area contributed by atoms with Crippen LogP contribution in [0.3, 0.4) is 0 Å². The second-order valence-electron chi connectivity index (χ2n) is 3.05. The van der Waals surface area contributed by atoms with E-state index < -0.39 is 5.82 Å². The Balaban J connectivity index is 2.67. The highest BCUT2D eigenvalue weighted by molar-refractivity contribution is 5.73. The van der Waals surface area contributed by atoms with Crippen molar-refractivity contribution in [1.82, 2.24) is 5.32 Å². The summed E-state index contributed by atoms with van der Waals surface area (Å²) >= 11 is 0. The average molecular weight is 221 g/mol. The fraction of sp³-hybridized carbons (Fsp3) is 0.182. The van der Waals surface area contributed by atoms with Crippen molar-refractivity contribution in [1.29, 1.82) is 0 Å². The van der Waals surface area contributed by atoms with Gasteiger partial charge in [-0.2, -0.15) is 0 Å². The van der Waals surface area contributed by atoms with E-state index in [-0.39, 0.29) is 18.1 Å². The summed E-state index contributed by atoms with van der Waals surface area (Å²) in [6.45, 7) is 1.65. The van der Waals surface area contributed by atoms with Crippen molar-refractivity contribution < 1.29 is 9.18 Å². The Labute approximate surface area is 93.0 Å². The Kier molecular flexibility index (Phi) is 4.30. The van der Waals surface area contributed by atoms with Crippen molar-refractivity contribution in [3.63, 3.8) is 0 Å². The molecule has 1 rings (SSSR count). The lowest BCUT2D eigenvalue weighted by Crippen LogP contribution is -2.19. The Morgan fingerprint density at radius 2 is 2.31 bits per heavy atom. The van der Waals surface area contributed by atoms with Gasteiger partial charge >= 0.3 is 0 Å². The molecule has 5 heteroatoms. The van der Waals surface area contributed by atoms with Crippen LogP contribution in [0.25, 0.3) is 0 Å². The molecule has 0 aliphatic rings. The number of rotatable bonds is 2. The van der Waals surface area contributed by atoms with Gasteiger partial charge in [-0.25, -0.2) is 4.39 Å². The molecule has 1 aromatic carbocycles. The number of benzene rings is 1. The number of halogens is 1. The summed E-state index contributed by atoms with van der Waals surface area (Å²) in [4.78, 5) is 10.5. The molecule has 0 atom stereocenters. The van der Waals surface area contributed by atoms with Gasteiger partial charge in [-0.15, -0.1) is 0 Å². The van der Waals surface area contributed by atoms with Crippen molar-refractivity contribution in [3.8, 4) is 11.8 Å². The lowest BCUT2D eigenvalue weighted by Gasteiger charge is -2.00. The number of carbonyl (C=O) groups excluding carboxylic acids is 1. The second kappa shape index (κ2) is 5.73. The first-order valence-corrected chi connectivity index (χ1v) is 4.63. The highest BCUT2D eigenvalue weighted by Gasteiger charge is 1.99. The lowest BCUT2D eigenvalue weighted by molar-refractivity contribution is -0.118. The smallest absolute Gasteiger partial charge is 0.217 e. The molecule has 0 spiro atoms. The first-order valence-electron chi connectivity index (χ1n) is 4.63. The van der Waals surface area contributed by atoms with Gasteiger partial charge in [0, 0.05) is 12.5 Å². The maximum Gasteiger partial charge on any atom is 0.217 e. The van der Waals surface area contributed by atoms with Gasteiger partial charge in [-0.1, -0.05) is 11.8 Å². The summed E-state index contributed by atoms with van der Waals surface area (Å²) in [5.74, 6) is 9.88. The molecule has 0 aliphatic heterocycles. The third kappa shape index (κ3) is 3.59. The molecule has 16 heavy (non-hydrogen) atoms. The number of nitrogens with two attached hydrogens (primary N) is 1. The number of anilines is 1. The van der Waals surface area contributed by atoms with Gasteiger partial charge in [-0.3, -0.25) is 10.6 Å². The van der Waals surface area contributed by atoms with Crippen LogP contribution in [-0.4, -0.2) is 12.5 Å². The van der Waals surface area contributed by atoms with Gasteiger partial charge in [-0.05, 0) is 18.2 Å². The number of hydrogen-bond acceptors (Lipinski definition) is 3. The summed E-state index contributed by atoms with van der Waals surface area (Å²) < 4.78 is 13.2. The third-order valence-corrected chi connectivity index (χ3v) is 1.78. The van der Waals surface area contributed by atoms with E-state index >= 15 is 0 Å². The summed E-state index contributed by atoms with van der Waals surface area (Å²) in [5.41, 5.74) is 2.97. The maximum absolute atomic E-state index is 13.2. The van der Waals surface area contributed by atoms with Crippen LogP contribution < -0.4 is 16.6 Å². The number of hydrazine groups is 1. The van der Waals surface area contributed by atoms with Gasteiger partial charge in [0.1, 0.15) is 5.82 Å². The quantitative estimate of drug-likeness (QED) is 0.389. The topological polar surface area (TPSA) is 67.2 Å². The first-order chi connectivity index (χ1) is 7.63. The van der Waals surface area contributed by atoms with Crippen LogP contribution in [0.1, 0.15) is 12.5 Å². The molecule has 0 saturated carbocycles. The minimum atomic E-state index is -0.464. The van der Waals surface area contributed by atoms with Crippen LogP contribution in [0.4, 0.5) is 10.1 Å². The third-order valence-electron chi connectivity index (χ3n) is 1.78. The zero-order valence-corrected chi connectivity index (χ0v) is 8.80. The summed E-state index contributed by atoms with van der Waals surface area (Å²) in [5, 5.41) is 2.51. The zero-order chi connectivity index (χ0) is 12.0. The van der Waals surface area contributed by atoms with Gasteiger partial charge < -0.3 is 10.7 Å². The van der Waals surface area contributed by atoms with Gasteiger partial charge in [0.25, 0.3) is 0 Å². The lowest BCUT2D eigenvalue weighted by atomic mass is 10.2. The molecule has 0 heterocycles. The molecule has 0 unspecified atom stereocenters. The second-order valence-corrected chi connectivity index (χ2v) is 3.05. The van der Waals surface area contributed by atoms with E-state index in [0.29, 0.717) is 5.56 Å². The molecule has 0 aromatic heterocycles. The number of nitrogens with one attached hydrogen (secondary N) is 2. The fourth-order valence-electron chi connectivity index (χ4n) is 1.02. The van der Waals surface area contributed by atoms with E-state index in [9.17, 15) is 9.18 Å². The minimum Gasteiger partial charge on any atom is -0.345 e. The summed E-state index contributed by atoms with van der Waals surface area (Å²) in [6, 6.07) is 4.41. The number of carbonyl (C=O) groups is 1. The summed E-state index contributed by atoms with van der Waals surface area (Å²) in [7, 11) is 0. The van der Waals surface area contributed by atoms with Crippen LogP contribution >= 0.6 is 0 Å². The highest BCUT2D eigenvalue weighted by atomic mass is 19.1. The van der Waals surface area contributed by atoms with E-state index in [4.69, 9.17) is 5.84 Å². The normalized spacial score (nSPS) is 8.94. The minimum absolute atomic E-state index is 0.150. The summed E-state index contributed by atoms with van der Waals surface area (Å²) in [6.07, 6.45) is 0. The van der Waals surface area contributed by atoms with Gasteiger partial charge in [0.05, 0.1) is 12.2 Å². The van der Waals surface area contributed by atoms with Crippen molar-refractivity contribution in [2.45, 2.75) is 6.92 Å². The van der Waals surface area contributed by atoms with Crippen molar-refractivity contribution in [3.05, 3.63) is 29.6 Å². The van der Waals surface area contributed by atoms with Crippen molar-refractivity contribution >= 4 is 11.6 Å².